The van der Waals surface area contributed by atoms with Crippen molar-refractivity contribution >= 4 is 10.0 Å². The number of nitrogens with zero attached hydrogens (tertiary/aromatic N) is 3. The van der Waals surface area contributed by atoms with Crippen LogP contribution in [0.5, 0.6) is 0 Å². The maximum absolute atomic E-state index is 12.8. The zero-order chi connectivity index (χ0) is 16.4. The van der Waals surface area contributed by atoms with Crippen LogP contribution in [0.2, 0.25) is 0 Å². The first kappa shape index (κ1) is 16.9. The van der Waals surface area contributed by atoms with Crippen LogP contribution in [-0.2, 0) is 14.8 Å². The first-order valence-corrected chi connectivity index (χ1v) is 9.69. The van der Waals surface area contributed by atoms with Gasteiger partial charge in [-0.1, -0.05) is 5.16 Å². The van der Waals surface area contributed by atoms with Gasteiger partial charge >= 0.3 is 0 Å². The standard InChI is InChI=1S/C15H25N3O4S/c1-12-15(13(2)22-16-12)23(19,20)18-8-6-17(7-9-18)11-14-5-3-4-10-21-14/h14H,3-11H2,1-2H3. The Morgan fingerprint density at radius 1 is 1.17 bits per heavy atom. The second kappa shape index (κ2) is 6.88. The van der Waals surface area contributed by atoms with Crippen LogP contribution in [0.1, 0.15) is 30.7 Å². The number of rotatable bonds is 4. The van der Waals surface area contributed by atoms with Crippen LogP contribution in [0.3, 0.4) is 0 Å². The predicted octanol–water partition coefficient (Wildman–Crippen LogP) is 1.17. The van der Waals surface area contributed by atoms with Crippen molar-refractivity contribution < 1.29 is 17.7 Å². The lowest BCUT2D eigenvalue weighted by atomic mass is 10.1. The van der Waals surface area contributed by atoms with E-state index < -0.39 is 10.0 Å². The van der Waals surface area contributed by atoms with Gasteiger partial charge in [0.15, 0.2) is 5.76 Å². The van der Waals surface area contributed by atoms with Gasteiger partial charge in [-0.15, -0.1) is 0 Å². The summed E-state index contributed by atoms with van der Waals surface area (Å²) in [6, 6.07) is 0. The molecular formula is C15H25N3O4S. The second-order valence-corrected chi connectivity index (χ2v) is 8.22. The molecule has 0 spiro atoms. The van der Waals surface area contributed by atoms with Crippen LogP contribution in [0.25, 0.3) is 0 Å². The highest BCUT2D eigenvalue weighted by Crippen LogP contribution is 2.24. The molecule has 8 heteroatoms. The van der Waals surface area contributed by atoms with Crippen LogP contribution in [-0.4, -0.2) is 68.2 Å². The fourth-order valence-electron chi connectivity index (χ4n) is 3.36. The van der Waals surface area contributed by atoms with E-state index in [0.717, 1.165) is 39.1 Å². The summed E-state index contributed by atoms with van der Waals surface area (Å²) in [4.78, 5) is 2.52. The number of hydrogen-bond acceptors (Lipinski definition) is 6. The Morgan fingerprint density at radius 3 is 2.48 bits per heavy atom. The summed E-state index contributed by atoms with van der Waals surface area (Å²) >= 11 is 0. The Kier molecular flexibility index (Phi) is 5.05. The smallest absolute Gasteiger partial charge is 0.248 e. The highest BCUT2D eigenvalue weighted by atomic mass is 32.2. The van der Waals surface area contributed by atoms with Gasteiger partial charge in [-0.25, -0.2) is 8.42 Å². The lowest BCUT2D eigenvalue weighted by Gasteiger charge is -2.36. The lowest BCUT2D eigenvalue weighted by molar-refractivity contribution is -0.0103. The molecule has 1 atom stereocenters. The summed E-state index contributed by atoms with van der Waals surface area (Å²) in [7, 11) is -3.52. The molecule has 7 nitrogen and oxygen atoms in total. The van der Waals surface area contributed by atoms with Crippen molar-refractivity contribution in [3.05, 3.63) is 11.5 Å². The van der Waals surface area contributed by atoms with Crippen molar-refractivity contribution in [1.82, 2.24) is 14.4 Å². The molecule has 0 radical (unpaired) electrons. The quantitative estimate of drug-likeness (QED) is 0.817. The summed E-state index contributed by atoms with van der Waals surface area (Å²) in [6.07, 6.45) is 3.79. The molecular weight excluding hydrogens is 318 g/mol. The number of hydrogen-bond donors (Lipinski definition) is 0. The fourth-order valence-corrected chi connectivity index (χ4v) is 5.08. The minimum Gasteiger partial charge on any atom is -0.377 e. The zero-order valence-corrected chi connectivity index (χ0v) is 14.6. The van der Waals surface area contributed by atoms with Gasteiger partial charge in [-0.05, 0) is 33.1 Å². The van der Waals surface area contributed by atoms with Crippen molar-refractivity contribution in [2.75, 3.05) is 39.3 Å². The number of aromatic nitrogens is 1. The Hall–Kier alpha value is -0.960. The Bertz CT molecular complexity index is 610. The van der Waals surface area contributed by atoms with Crippen LogP contribution < -0.4 is 0 Å². The molecule has 0 saturated carbocycles. The molecule has 0 aromatic carbocycles. The molecule has 3 rings (SSSR count). The van der Waals surface area contributed by atoms with Crippen molar-refractivity contribution in [2.45, 2.75) is 44.1 Å². The SMILES string of the molecule is Cc1noc(C)c1S(=O)(=O)N1CCN(CC2CCCCO2)CC1. The average Bonchev–Trinajstić information content (AvgIpc) is 2.88. The second-order valence-electron chi connectivity index (χ2n) is 6.35. The van der Waals surface area contributed by atoms with Crippen LogP contribution in [0.15, 0.2) is 9.42 Å². The maximum atomic E-state index is 12.8. The van der Waals surface area contributed by atoms with Crippen molar-refractivity contribution in [3.8, 4) is 0 Å². The summed E-state index contributed by atoms with van der Waals surface area (Å²) in [5.74, 6) is 0.362. The molecule has 0 aliphatic carbocycles. The summed E-state index contributed by atoms with van der Waals surface area (Å²) in [5, 5.41) is 3.76. The summed E-state index contributed by atoms with van der Waals surface area (Å²) < 4.78 is 37.9. The molecule has 1 aromatic rings. The molecule has 0 amide bonds. The van der Waals surface area contributed by atoms with Crippen LogP contribution >= 0.6 is 0 Å². The molecule has 130 valence electrons. The highest BCUT2D eigenvalue weighted by molar-refractivity contribution is 7.89. The van der Waals surface area contributed by atoms with E-state index in [-0.39, 0.29) is 4.90 Å². The highest BCUT2D eigenvalue weighted by Gasteiger charge is 2.33. The van der Waals surface area contributed by atoms with Gasteiger partial charge < -0.3 is 9.26 Å². The van der Waals surface area contributed by atoms with Gasteiger partial charge in [0.2, 0.25) is 10.0 Å². The molecule has 1 unspecified atom stereocenters. The zero-order valence-electron chi connectivity index (χ0n) is 13.8. The molecule has 23 heavy (non-hydrogen) atoms. The third kappa shape index (κ3) is 3.60. The number of piperazine rings is 1. The third-order valence-electron chi connectivity index (χ3n) is 4.63. The van der Waals surface area contributed by atoms with E-state index >= 15 is 0 Å². The average molecular weight is 343 g/mol. The minimum absolute atomic E-state index is 0.224. The molecule has 2 aliphatic heterocycles. The van der Waals surface area contributed by atoms with Gasteiger partial charge in [0.25, 0.3) is 0 Å². The first-order chi connectivity index (χ1) is 11.0. The van der Waals surface area contributed by atoms with Gasteiger partial charge in [-0.2, -0.15) is 4.31 Å². The van der Waals surface area contributed by atoms with Gasteiger partial charge in [0.05, 0.1) is 6.10 Å². The first-order valence-electron chi connectivity index (χ1n) is 8.25. The Morgan fingerprint density at radius 2 is 1.91 bits per heavy atom. The largest absolute Gasteiger partial charge is 0.377 e. The van der Waals surface area contributed by atoms with Crippen LogP contribution in [0, 0.1) is 13.8 Å². The van der Waals surface area contributed by atoms with E-state index in [1.807, 2.05) is 0 Å². The third-order valence-corrected chi connectivity index (χ3v) is 6.78. The fraction of sp³-hybridized carbons (Fsp3) is 0.800. The van der Waals surface area contributed by atoms with E-state index in [9.17, 15) is 8.42 Å². The summed E-state index contributed by atoms with van der Waals surface area (Å²) in [5.41, 5.74) is 0.431. The van der Waals surface area contributed by atoms with Gasteiger partial charge in [-0.3, -0.25) is 4.90 Å². The monoisotopic (exact) mass is 343 g/mol. The number of ether oxygens (including phenoxy) is 1. The van der Waals surface area contributed by atoms with Gasteiger partial charge in [0.1, 0.15) is 10.6 Å². The van der Waals surface area contributed by atoms with Crippen molar-refractivity contribution in [1.29, 1.82) is 0 Å². The van der Waals surface area contributed by atoms with Crippen molar-refractivity contribution in [3.63, 3.8) is 0 Å². The molecule has 0 N–H and O–H groups in total. The van der Waals surface area contributed by atoms with Crippen molar-refractivity contribution in [2.24, 2.45) is 0 Å². The molecule has 3 heterocycles. The number of sulfonamides is 1. The summed E-state index contributed by atoms with van der Waals surface area (Å²) in [6.45, 7) is 7.54. The molecule has 2 fully saturated rings. The Labute approximate surface area is 137 Å². The minimum atomic E-state index is -3.52. The van der Waals surface area contributed by atoms with E-state index in [4.69, 9.17) is 9.26 Å². The van der Waals surface area contributed by atoms with E-state index in [2.05, 4.69) is 10.1 Å². The van der Waals surface area contributed by atoms with Crippen LogP contribution in [0.4, 0.5) is 0 Å². The van der Waals surface area contributed by atoms with Gasteiger partial charge in [0, 0.05) is 39.3 Å². The normalized spacial score (nSPS) is 24.9. The Balaban J connectivity index is 1.60. The lowest BCUT2D eigenvalue weighted by Crippen LogP contribution is -2.50. The van der Waals surface area contributed by atoms with E-state index in [1.54, 1.807) is 13.8 Å². The number of aryl methyl sites for hydroxylation is 2. The molecule has 0 bridgehead atoms. The maximum Gasteiger partial charge on any atom is 0.248 e. The van der Waals surface area contributed by atoms with E-state index in [0.29, 0.717) is 30.6 Å². The molecule has 2 saturated heterocycles. The topological polar surface area (TPSA) is 75.9 Å². The molecule has 1 aromatic heterocycles. The predicted molar refractivity (Wildman–Crippen MR) is 84.8 cm³/mol. The van der Waals surface area contributed by atoms with E-state index in [1.165, 1.54) is 10.7 Å². The molecule has 2 aliphatic rings.